The SMILES string of the molecule is O=C1c2cccnc2C(=C2c3ccccc3-c3ccccc32)c2ncccc21. The zero-order chi connectivity index (χ0) is 18.7. The molecule has 3 heteroatoms. The molecule has 2 heterocycles. The van der Waals surface area contributed by atoms with Gasteiger partial charge in [-0.2, -0.15) is 0 Å². The molecule has 0 fully saturated rings. The minimum Gasteiger partial charge on any atom is -0.288 e. The average molecular weight is 358 g/mol. The van der Waals surface area contributed by atoms with E-state index in [0.717, 1.165) is 22.3 Å². The molecule has 0 aliphatic heterocycles. The van der Waals surface area contributed by atoms with E-state index in [1.807, 2.05) is 24.3 Å². The van der Waals surface area contributed by atoms with E-state index < -0.39 is 0 Å². The Labute approximate surface area is 162 Å². The maximum atomic E-state index is 13.1. The highest BCUT2D eigenvalue weighted by Gasteiger charge is 2.34. The first kappa shape index (κ1) is 15.2. The molecule has 2 aromatic carbocycles. The summed E-state index contributed by atoms with van der Waals surface area (Å²) in [4.78, 5) is 22.3. The smallest absolute Gasteiger partial charge is 0.197 e. The van der Waals surface area contributed by atoms with Crippen LogP contribution in [0.4, 0.5) is 0 Å². The third-order valence-electron chi connectivity index (χ3n) is 5.51. The highest BCUT2D eigenvalue weighted by Crippen LogP contribution is 2.49. The highest BCUT2D eigenvalue weighted by atomic mass is 16.1. The predicted molar refractivity (Wildman–Crippen MR) is 109 cm³/mol. The number of benzene rings is 2. The van der Waals surface area contributed by atoms with Crippen molar-refractivity contribution in [2.24, 2.45) is 0 Å². The fraction of sp³-hybridized carbons (Fsp3) is 0. The molecule has 4 aromatic rings. The van der Waals surface area contributed by atoms with Crippen molar-refractivity contribution in [3.63, 3.8) is 0 Å². The van der Waals surface area contributed by atoms with Crippen molar-refractivity contribution in [3.8, 4) is 11.1 Å². The maximum absolute atomic E-state index is 13.1. The summed E-state index contributed by atoms with van der Waals surface area (Å²) in [6, 6.07) is 24.1. The van der Waals surface area contributed by atoms with E-state index in [1.54, 1.807) is 12.4 Å². The Balaban J connectivity index is 1.83. The topological polar surface area (TPSA) is 42.9 Å². The molecule has 3 nitrogen and oxygen atoms in total. The van der Waals surface area contributed by atoms with Crippen molar-refractivity contribution in [2.45, 2.75) is 0 Å². The van der Waals surface area contributed by atoms with E-state index in [1.165, 1.54) is 11.1 Å². The second kappa shape index (κ2) is 5.57. The van der Waals surface area contributed by atoms with E-state index in [-0.39, 0.29) is 5.78 Å². The molecule has 28 heavy (non-hydrogen) atoms. The van der Waals surface area contributed by atoms with Crippen molar-refractivity contribution >= 4 is 16.9 Å². The van der Waals surface area contributed by atoms with Gasteiger partial charge in [0.2, 0.25) is 0 Å². The number of hydrogen-bond donors (Lipinski definition) is 0. The van der Waals surface area contributed by atoms with Gasteiger partial charge in [-0.1, -0.05) is 48.5 Å². The predicted octanol–water partition coefficient (Wildman–Crippen LogP) is 5.01. The van der Waals surface area contributed by atoms with Gasteiger partial charge in [-0.25, -0.2) is 0 Å². The molecular formula is C25H14N2O. The van der Waals surface area contributed by atoms with E-state index in [4.69, 9.17) is 0 Å². The summed E-state index contributed by atoms with van der Waals surface area (Å²) in [6.07, 6.45) is 3.49. The lowest BCUT2D eigenvalue weighted by atomic mass is 9.83. The normalized spacial score (nSPS) is 13.6. The molecule has 0 radical (unpaired) electrons. The molecule has 0 spiro atoms. The van der Waals surface area contributed by atoms with Crippen molar-refractivity contribution in [2.75, 3.05) is 0 Å². The van der Waals surface area contributed by atoms with Crippen molar-refractivity contribution in [1.29, 1.82) is 0 Å². The highest BCUT2D eigenvalue weighted by molar-refractivity contribution is 6.23. The van der Waals surface area contributed by atoms with Crippen molar-refractivity contribution in [3.05, 3.63) is 119 Å². The quantitative estimate of drug-likeness (QED) is 0.383. The molecule has 0 N–H and O–H groups in total. The van der Waals surface area contributed by atoms with Crippen LogP contribution in [0.25, 0.3) is 22.3 Å². The third kappa shape index (κ3) is 1.90. The number of ketones is 1. The van der Waals surface area contributed by atoms with Gasteiger partial charge >= 0.3 is 0 Å². The number of pyridine rings is 2. The Bertz CT molecular complexity index is 1230. The lowest BCUT2D eigenvalue weighted by molar-refractivity contribution is 0.103. The number of fused-ring (bicyclic) bond motifs is 5. The number of carbonyl (C=O) groups excluding carboxylic acids is 1. The van der Waals surface area contributed by atoms with Gasteiger partial charge in [-0.3, -0.25) is 14.8 Å². The van der Waals surface area contributed by atoms with Crippen LogP contribution < -0.4 is 0 Å². The van der Waals surface area contributed by atoms with Gasteiger partial charge in [0.1, 0.15) is 0 Å². The van der Waals surface area contributed by atoms with Crippen LogP contribution in [-0.2, 0) is 0 Å². The monoisotopic (exact) mass is 358 g/mol. The molecule has 0 bridgehead atoms. The van der Waals surface area contributed by atoms with E-state index in [2.05, 4.69) is 58.5 Å². The summed E-state index contributed by atoms with van der Waals surface area (Å²) in [6.45, 7) is 0. The van der Waals surface area contributed by atoms with Crippen LogP contribution in [0.1, 0.15) is 38.4 Å². The summed E-state index contributed by atoms with van der Waals surface area (Å²) in [5.74, 6) is -0.0184. The van der Waals surface area contributed by atoms with Gasteiger partial charge in [0.15, 0.2) is 5.78 Å². The Morgan fingerprint density at radius 2 is 0.893 bits per heavy atom. The molecule has 0 amide bonds. The Hall–Kier alpha value is -3.85. The fourth-order valence-electron chi connectivity index (χ4n) is 4.36. The minimum atomic E-state index is -0.0184. The second-order valence-electron chi connectivity index (χ2n) is 6.97. The van der Waals surface area contributed by atoms with Crippen LogP contribution in [0.2, 0.25) is 0 Å². The number of hydrogen-bond acceptors (Lipinski definition) is 3. The summed E-state index contributed by atoms with van der Waals surface area (Å²) in [5, 5.41) is 0. The van der Waals surface area contributed by atoms with Gasteiger partial charge in [0.25, 0.3) is 0 Å². The summed E-state index contributed by atoms with van der Waals surface area (Å²) in [5.41, 5.74) is 9.42. The number of rotatable bonds is 0. The standard InChI is InChI=1S/C25H14N2O/c28-25-19-11-5-13-26-23(19)22(24-20(25)12-6-14-27-24)21-17-9-3-1-7-15(17)16-8-2-4-10-18(16)21/h1-14H. The number of carbonyl (C=O) groups is 1. The van der Waals surface area contributed by atoms with Crippen LogP contribution in [0.15, 0.2) is 85.2 Å². The fourth-order valence-corrected chi connectivity index (χ4v) is 4.36. The zero-order valence-corrected chi connectivity index (χ0v) is 14.9. The lowest BCUT2D eigenvalue weighted by Gasteiger charge is -2.22. The Kier molecular flexibility index (Phi) is 3.03. The van der Waals surface area contributed by atoms with Gasteiger partial charge in [-0.05, 0) is 46.5 Å². The second-order valence-corrected chi connectivity index (χ2v) is 6.97. The summed E-state index contributed by atoms with van der Waals surface area (Å²) in [7, 11) is 0. The molecule has 6 rings (SSSR count). The third-order valence-corrected chi connectivity index (χ3v) is 5.51. The van der Waals surface area contributed by atoms with Crippen LogP contribution in [0.3, 0.4) is 0 Å². The van der Waals surface area contributed by atoms with Gasteiger partial charge < -0.3 is 0 Å². The largest absolute Gasteiger partial charge is 0.288 e. The summed E-state index contributed by atoms with van der Waals surface area (Å²) >= 11 is 0. The van der Waals surface area contributed by atoms with Gasteiger partial charge in [0.05, 0.1) is 11.4 Å². The number of nitrogens with zero attached hydrogens (tertiary/aromatic N) is 2. The maximum Gasteiger partial charge on any atom is 0.197 e. The van der Waals surface area contributed by atoms with E-state index >= 15 is 0 Å². The first-order valence-corrected chi connectivity index (χ1v) is 9.23. The Morgan fingerprint density at radius 1 is 0.464 bits per heavy atom. The molecule has 2 aliphatic carbocycles. The number of aromatic nitrogens is 2. The first-order chi connectivity index (χ1) is 13.8. The zero-order valence-electron chi connectivity index (χ0n) is 14.9. The van der Waals surface area contributed by atoms with Crippen LogP contribution in [0.5, 0.6) is 0 Å². The molecule has 130 valence electrons. The van der Waals surface area contributed by atoms with Gasteiger partial charge in [0, 0.05) is 34.7 Å². The van der Waals surface area contributed by atoms with Crippen LogP contribution in [-0.4, -0.2) is 15.8 Å². The summed E-state index contributed by atoms with van der Waals surface area (Å²) < 4.78 is 0. The molecule has 2 aromatic heterocycles. The van der Waals surface area contributed by atoms with Crippen molar-refractivity contribution in [1.82, 2.24) is 9.97 Å². The van der Waals surface area contributed by atoms with E-state index in [0.29, 0.717) is 22.5 Å². The molecular weight excluding hydrogens is 344 g/mol. The molecule has 2 aliphatic rings. The van der Waals surface area contributed by atoms with Crippen LogP contribution >= 0.6 is 0 Å². The molecule has 0 atom stereocenters. The Morgan fingerprint density at radius 3 is 1.39 bits per heavy atom. The van der Waals surface area contributed by atoms with Crippen molar-refractivity contribution < 1.29 is 4.79 Å². The first-order valence-electron chi connectivity index (χ1n) is 9.23. The lowest BCUT2D eigenvalue weighted by Crippen LogP contribution is -2.17. The van der Waals surface area contributed by atoms with Crippen LogP contribution in [0, 0.1) is 0 Å². The molecule has 0 saturated carbocycles. The average Bonchev–Trinajstić information content (AvgIpc) is 3.09. The molecule has 0 saturated heterocycles. The minimum absolute atomic E-state index is 0.0184. The van der Waals surface area contributed by atoms with Gasteiger partial charge in [-0.15, -0.1) is 0 Å². The molecule has 0 unspecified atom stereocenters. The van der Waals surface area contributed by atoms with E-state index in [9.17, 15) is 4.79 Å².